The summed E-state index contributed by atoms with van der Waals surface area (Å²) in [5.41, 5.74) is 0.356. The molecule has 1 amide bonds. The lowest BCUT2D eigenvalue weighted by Crippen LogP contribution is -2.22. The molecule has 0 saturated carbocycles. The summed E-state index contributed by atoms with van der Waals surface area (Å²) >= 11 is 0.643. The van der Waals surface area contributed by atoms with Crippen molar-refractivity contribution >= 4 is 37.1 Å². The van der Waals surface area contributed by atoms with Gasteiger partial charge in [-0.3, -0.25) is 4.79 Å². The fourth-order valence-electron chi connectivity index (χ4n) is 1.47. The molecule has 0 fully saturated rings. The molecular formula is C10H16N2O5S3. The first-order valence-electron chi connectivity index (χ1n) is 5.70. The number of nitrogens with one attached hydrogen (secondary N) is 1. The van der Waals surface area contributed by atoms with E-state index in [1.54, 1.807) is 0 Å². The Labute approximate surface area is 122 Å². The molecule has 0 unspecified atom stereocenters. The predicted molar refractivity (Wildman–Crippen MR) is 75.8 cm³/mol. The summed E-state index contributed by atoms with van der Waals surface area (Å²) < 4.78 is 46.3. The van der Waals surface area contributed by atoms with E-state index in [0.717, 1.165) is 0 Å². The Bertz CT molecular complexity index is 703. The van der Waals surface area contributed by atoms with Crippen LogP contribution in [0.15, 0.2) is 14.5 Å². The third-order valence-electron chi connectivity index (χ3n) is 2.46. The highest BCUT2D eigenvalue weighted by molar-refractivity contribution is 7.95. The molecule has 10 heteroatoms. The Kier molecular flexibility index (Phi) is 5.30. The van der Waals surface area contributed by atoms with E-state index in [2.05, 4.69) is 5.32 Å². The van der Waals surface area contributed by atoms with Crippen LogP contribution in [0.3, 0.4) is 0 Å². The van der Waals surface area contributed by atoms with Crippen molar-refractivity contribution in [2.75, 3.05) is 12.3 Å². The van der Waals surface area contributed by atoms with Gasteiger partial charge in [0.2, 0.25) is 15.9 Å². The van der Waals surface area contributed by atoms with Crippen LogP contribution in [0, 0.1) is 0 Å². The van der Waals surface area contributed by atoms with Crippen molar-refractivity contribution in [2.45, 2.75) is 28.7 Å². The number of rotatable bonds is 6. The van der Waals surface area contributed by atoms with Gasteiger partial charge >= 0.3 is 0 Å². The average molecular weight is 340 g/mol. The summed E-state index contributed by atoms with van der Waals surface area (Å²) in [5.74, 6) is -0.378. The van der Waals surface area contributed by atoms with E-state index in [0.29, 0.717) is 16.9 Å². The van der Waals surface area contributed by atoms with E-state index in [1.807, 2.05) is 0 Å². The maximum atomic E-state index is 11.9. The number of sulfone groups is 1. The molecule has 0 atom stereocenters. The standard InChI is InChI=1S/C10H16N2O5S3/c1-3-19(14,15)10-8(4-5-12-7(2)13)6-9(18-10)20(11,16)17/h6H,3-5H2,1-2H3,(H,12,13)(H2,11,16,17). The second-order valence-corrected chi connectivity index (χ2v) is 9.37. The van der Waals surface area contributed by atoms with E-state index in [1.165, 1.54) is 19.9 Å². The SMILES string of the molecule is CCS(=O)(=O)c1sc(S(N)(=O)=O)cc1CCNC(C)=O. The normalized spacial score (nSPS) is 12.3. The lowest BCUT2D eigenvalue weighted by Gasteiger charge is -2.04. The maximum absolute atomic E-state index is 11.9. The monoisotopic (exact) mass is 340 g/mol. The molecule has 1 rings (SSSR count). The Morgan fingerprint density at radius 1 is 1.35 bits per heavy atom. The highest BCUT2D eigenvalue weighted by Crippen LogP contribution is 2.30. The summed E-state index contributed by atoms with van der Waals surface area (Å²) in [6.45, 7) is 3.04. The number of nitrogens with two attached hydrogens (primary N) is 1. The van der Waals surface area contributed by atoms with Gasteiger partial charge in [0.15, 0.2) is 9.84 Å². The van der Waals surface area contributed by atoms with Gasteiger partial charge < -0.3 is 5.32 Å². The van der Waals surface area contributed by atoms with E-state index >= 15 is 0 Å². The van der Waals surface area contributed by atoms with Gasteiger partial charge in [-0.25, -0.2) is 22.0 Å². The van der Waals surface area contributed by atoms with Crippen molar-refractivity contribution in [1.29, 1.82) is 0 Å². The molecule has 0 saturated heterocycles. The van der Waals surface area contributed by atoms with Gasteiger partial charge in [0.05, 0.1) is 5.75 Å². The van der Waals surface area contributed by atoms with Crippen molar-refractivity contribution < 1.29 is 21.6 Å². The molecule has 0 radical (unpaired) electrons. The van der Waals surface area contributed by atoms with Gasteiger partial charge in [-0.05, 0) is 18.1 Å². The number of hydrogen-bond acceptors (Lipinski definition) is 6. The zero-order chi connectivity index (χ0) is 15.6. The fourth-order valence-corrected chi connectivity index (χ4v) is 5.28. The van der Waals surface area contributed by atoms with Gasteiger partial charge in [0.25, 0.3) is 0 Å². The molecule has 114 valence electrons. The first-order chi connectivity index (χ1) is 9.08. The topological polar surface area (TPSA) is 123 Å². The summed E-state index contributed by atoms with van der Waals surface area (Å²) in [6.07, 6.45) is 0.222. The van der Waals surface area contributed by atoms with Crippen LogP contribution in [0.4, 0.5) is 0 Å². The van der Waals surface area contributed by atoms with Crippen LogP contribution in [-0.4, -0.2) is 35.0 Å². The molecule has 1 aromatic rings. The van der Waals surface area contributed by atoms with Gasteiger partial charge in [0.1, 0.15) is 8.42 Å². The first kappa shape index (κ1) is 17.1. The number of hydrogen-bond donors (Lipinski definition) is 2. The molecule has 1 aromatic heterocycles. The molecule has 3 N–H and O–H groups in total. The van der Waals surface area contributed by atoms with Gasteiger partial charge in [-0.15, -0.1) is 11.3 Å². The van der Waals surface area contributed by atoms with Crippen LogP contribution in [0.5, 0.6) is 0 Å². The fraction of sp³-hybridized carbons (Fsp3) is 0.500. The minimum Gasteiger partial charge on any atom is -0.356 e. The Hall–Kier alpha value is -0.970. The van der Waals surface area contributed by atoms with Crippen LogP contribution in [-0.2, 0) is 31.1 Å². The lowest BCUT2D eigenvalue weighted by molar-refractivity contribution is -0.118. The third-order valence-corrected chi connectivity index (χ3v) is 7.45. The Morgan fingerprint density at radius 2 is 1.95 bits per heavy atom. The van der Waals surface area contributed by atoms with Crippen molar-refractivity contribution in [2.24, 2.45) is 5.14 Å². The molecule has 0 aliphatic carbocycles. The van der Waals surface area contributed by atoms with Crippen LogP contribution in [0.25, 0.3) is 0 Å². The smallest absolute Gasteiger partial charge is 0.247 e. The predicted octanol–water partition coefficient (Wildman–Crippen LogP) is -0.132. The summed E-state index contributed by atoms with van der Waals surface area (Å²) in [5, 5.41) is 7.55. The molecule has 7 nitrogen and oxygen atoms in total. The Balaban J connectivity index is 3.20. The Morgan fingerprint density at radius 3 is 2.40 bits per heavy atom. The minimum absolute atomic E-state index is 0.00521. The van der Waals surface area contributed by atoms with E-state index < -0.39 is 19.9 Å². The number of carbonyl (C=O) groups excluding carboxylic acids is 1. The summed E-state index contributed by atoms with van der Waals surface area (Å²) in [7, 11) is -7.48. The molecule has 0 aliphatic heterocycles. The van der Waals surface area contributed by atoms with Crippen LogP contribution >= 0.6 is 11.3 Å². The molecule has 20 heavy (non-hydrogen) atoms. The van der Waals surface area contributed by atoms with Crippen molar-refractivity contribution in [1.82, 2.24) is 5.32 Å². The number of sulfonamides is 1. The van der Waals surface area contributed by atoms with Crippen LogP contribution in [0.2, 0.25) is 0 Å². The summed E-state index contributed by atoms with van der Waals surface area (Å²) in [4.78, 5) is 10.8. The maximum Gasteiger partial charge on any atom is 0.247 e. The second kappa shape index (κ2) is 6.20. The molecule has 0 spiro atoms. The summed E-state index contributed by atoms with van der Waals surface area (Å²) in [6, 6.07) is 1.25. The number of primary sulfonamides is 1. The minimum atomic E-state index is -3.95. The van der Waals surface area contributed by atoms with Crippen LogP contribution < -0.4 is 10.5 Å². The van der Waals surface area contributed by atoms with Crippen molar-refractivity contribution in [3.05, 3.63) is 11.6 Å². The number of amides is 1. The quantitative estimate of drug-likeness (QED) is 0.746. The van der Waals surface area contributed by atoms with Gasteiger partial charge in [-0.2, -0.15) is 0 Å². The zero-order valence-corrected chi connectivity index (χ0v) is 13.5. The van der Waals surface area contributed by atoms with E-state index in [-0.39, 0.29) is 33.0 Å². The van der Waals surface area contributed by atoms with Crippen molar-refractivity contribution in [3.8, 4) is 0 Å². The molecule has 0 aromatic carbocycles. The highest BCUT2D eigenvalue weighted by atomic mass is 32.3. The second-order valence-electron chi connectivity index (χ2n) is 4.06. The highest BCUT2D eigenvalue weighted by Gasteiger charge is 2.24. The molecule has 1 heterocycles. The number of carbonyl (C=O) groups is 1. The van der Waals surface area contributed by atoms with E-state index in [9.17, 15) is 21.6 Å². The number of thiophene rings is 1. The molecule has 0 aliphatic rings. The average Bonchev–Trinajstić information content (AvgIpc) is 2.73. The molecular weight excluding hydrogens is 324 g/mol. The van der Waals surface area contributed by atoms with Crippen molar-refractivity contribution in [3.63, 3.8) is 0 Å². The lowest BCUT2D eigenvalue weighted by atomic mass is 10.2. The zero-order valence-electron chi connectivity index (χ0n) is 11.0. The van der Waals surface area contributed by atoms with Gasteiger partial charge in [-0.1, -0.05) is 6.92 Å². The van der Waals surface area contributed by atoms with E-state index in [4.69, 9.17) is 5.14 Å². The molecule has 0 bridgehead atoms. The van der Waals surface area contributed by atoms with Crippen LogP contribution in [0.1, 0.15) is 19.4 Å². The third kappa shape index (κ3) is 4.27. The van der Waals surface area contributed by atoms with Gasteiger partial charge in [0, 0.05) is 13.5 Å². The first-order valence-corrected chi connectivity index (χ1v) is 9.72. The largest absolute Gasteiger partial charge is 0.356 e.